The molecular formula is C15H22N2O2S. The lowest BCUT2D eigenvalue weighted by Gasteiger charge is -2.16. The van der Waals surface area contributed by atoms with Crippen LogP contribution >= 0.6 is 11.8 Å². The van der Waals surface area contributed by atoms with Gasteiger partial charge in [0.1, 0.15) is 0 Å². The van der Waals surface area contributed by atoms with Gasteiger partial charge >= 0.3 is 0 Å². The van der Waals surface area contributed by atoms with Gasteiger partial charge < -0.3 is 10.0 Å². The van der Waals surface area contributed by atoms with Gasteiger partial charge in [-0.3, -0.25) is 4.79 Å². The summed E-state index contributed by atoms with van der Waals surface area (Å²) in [5.74, 6) is 0.902. The van der Waals surface area contributed by atoms with Gasteiger partial charge in [0.25, 0.3) is 5.91 Å². The molecule has 1 aliphatic rings. The van der Waals surface area contributed by atoms with Crippen LogP contribution in [0.15, 0.2) is 23.4 Å². The first kappa shape index (κ1) is 15.3. The summed E-state index contributed by atoms with van der Waals surface area (Å²) in [6.45, 7) is 5.33. The van der Waals surface area contributed by atoms with Crippen molar-refractivity contribution in [3.05, 3.63) is 23.9 Å². The Bertz CT molecular complexity index is 448. The Morgan fingerprint density at radius 3 is 2.65 bits per heavy atom. The molecule has 0 aliphatic carbocycles. The first-order valence-electron chi connectivity index (χ1n) is 7.06. The number of rotatable bonds is 5. The SMILES string of the molecule is CC(C)(O)CCSc1ccc(C(=O)N2CCCC2)cn1. The third-order valence-corrected chi connectivity index (χ3v) is 4.29. The molecule has 0 atom stereocenters. The summed E-state index contributed by atoms with van der Waals surface area (Å²) < 4.78 is 0. The second kappa shape index (κ2) is 6.59. The van der Waals surface area contributed by atoms with E-state index in [1.54, 1.807) is 31.8 Å². The fourth-order valence-corrected chi connectivity index (χ4v) is 3.20. The second-order valence-electron chi connectivity index (χ2n) is 5.80. The van der Waals surface area contributed by atoms with E-state index < -0.39 is 5.60 Å². The van der Waals surface area contributed by atoms with Crippen molar-refractivity contribution in [1.82, 2.24) is 9.88 Å². The highest BCUT2D eigenvalue weighted by molar-refractivity contribution is 7.99. The number of likely N-dealkylation sites (tertiary alicyclic amines) is 1. The van der Waals surface area contributed by atoms with E-state index in [0.717, 1.165) is 36.7 Å². The molecule has 1 saturated heterocycles. The van der Waals surface area contributed by atoms with Crippen LogP contribution in [0.4, 0.5) is 0 Å². The molecule has 4 nitrogen and oxygen atoms in total. The van der Waals surface area contributed by atoms with E-state index in [1.165, 1.54) is 0 Å². The lowest BCUT2D eigenvalue weighted by Crippen LogP contribution is -2.27. The lowest BCUT2D eigenvalue weighted by atomic mass is 10.1. The number of carbonyl (C=O) groups excluding carboxylic acids is 1. The van der Waals surface area contributed by atoms with E-state index in [1.807, 2.05) is 17.0 Å². The van der Waals surface area contributed by atoms with E-state index in [9.17, 15) is 9.90 Å². The Morgan fingerprint density at radius 1 is 1.40 bits per heavy atom. The predicted octanol–water partition coefficient (Wildman–Crippen LogP) is 2.57. The smallest absolute Gasteiger partial charge is 0.255 e. The van der Waals surface area contributed by atoms with Crippen LogP contribution in [0, 0.1) is 0 Å². The maximum absolute atomic E-state index is 12.1. The first-order valence-corrected chi connectivity index (χ1v) is 8.05. The normalized spacial score (nSPS) is 15.7. The maximum atomic E-state index is 12.1. The zero-order chi connectivity index (χ0) is 14.6. The Kier molecular flexibility index (Phi) is 5.05. The van der Waals surface area contributed by atoms with E-state index in [-0.39, 0.29) is 5.91 Å². The van der Waals surface area contributed by atoms with Gasteiger partial charge in [-0.15, -0.1) is 11.8 Å². The Balaban J connectivity index is 1.87. The average molecular weight is 294 g/mol. The predicted molar refractivity (Wildman–Crippen MR) is 81.0 cm³/mol. The molecule has 0 saturated carbocycles. The third-order valence-electron chi connectivity index (χ3n) is 3.34. The summed E-state index contributed by atoms with van der Waals surface area (Å²) in [5.41, 5.74) is 0.0253. The van der Waals surface area contributed by atoms with Gasteiger partial charge in [-0.25, -0.2) is 4.98 Å². The van der Waals surface area contributed by atoms with Gasteiger partial charge in [-0.05, 0) is 45.2 Å². The number of thioether (sulfide) groups is 1. The van der Waals surface area contributed by atoms with Crippen molar-refractivity contribution in [3.8, 4) is 0 Å². The molecule has 0 unspecified atom stereocenters. The summed E-state index contributed by atoms with van der Waals surface area (Å²) in [7, 11) is 0. The third kappa shape index (κ3) is 4.49. The van der Waals surface area contributed by atoms with Crippen LogP contribution in [0.2, 0.25) is 0 Å². The Labute approximate surface area is 124 Å². The van der Waals surface area contributed by atoms with Gasteiger partial charge in [0.15, 0.2) is 0 Å². The molecule has 1 fully saturated rings. The number of aromatic nitrogens is 1. The quantitative estimate of drug-likeness (QED) is 0.848. The fraction of sp³-hybridized carbons (Fsp3) is 0.600. The molecule has 1 aromatic rings. The van der Waals surface area contributed by atoms with Crippen molar-refractivity contribution in [1.29, 1.82) is 0 Å². The molecule has 1 N–H and O–H groups in total. The lowest BCUT2D eigenvalue weighted by molar-refractivity contribution is 0.0775. The number of amides is 1. The average Bonchev–Trinajstić information content (AvgIpc) is 2.91. The minimum absolute atomic E-state index is 0.0861. The zero-order valence-electron chi connectivity index (χ0n) is 12.1. The number of nitrogens with zero attached hydrogens (tertiary/aromatic N) is 2. The molecule has 0 spiro atoms. The molecule has 1 aliphatic heterocycles. The molecule has 110 valence electrons. The van der Waals surface area contributed by atoms with Crippen LogP contribution in [-0.2, 0) is 0 Å². The highest BCUT2D eigenvalue weighted by Crippen LogP contribution is 2.20. The van der Waals surface area contributed by atoms with Crippen molar-refractivity contribution in [2.75, 3.05) is 18.8 Å². The molecule has 0 bridgehead atoms. The Morgan fingerprint density at radius 2 is 2.10 bits per heavy atom. The standard InChI is InChI=1S/C15H22N2O2S/c1-15(2,19)7-10-20-13-6-5-12(11-16-13)14(18)17-8-3-4-9-17/h5-6,11,19H,3-4,7-10H2,1-2H3. The van der Waals surface area contributed by atoms with Gasteiger partial charge in [-0.1, -0.05) is 0 Å². The van der Waals surface area contributed by atoms with Crippen LogP contribution in [0.5, 0.6) is 0 Å². The van der Waals surface area contributed by atoms with E-state index >= 15 is 0 Å². The second-order valence-corrected chi connectivity index (χ2v) is 6.91. The first-order chi connectivity index (χ1) is 9.46. The summed E-state index contributed by atoms with van der Waals surface area (Å²) in [6.07, 6.45) is 4.58. The van der Waals surface area contributed by atoms with Crippen LogP contribution in [0.1, 0.15) is 43.5 Å². The molecule has 0 aromatic carbocycles. The van der Waals surface area contributed by atoms with Crippen LogP contribution in [0.3, 0.4) is 0 Å². The molecule has 1 aromatic heterocycles. The summed E-state index contributed by atoms with van der Waals surface area (Å²) in [6, 6.07) is 3.73. The molecule has 2 rings (SSSR count). The van der Waals surface area contributed by atoms with Crippen molar-refractivity contribution >= 4 is 17.7 Å². The van der Waals surface area contributed by atoms with Crippen LogP contribution in [0.25, 0.3) is 0 Å². The molecule has 20 heavy (non-hydrogen) atoms. The van der Waals surface area contributed by atoms with Gasteiger partial charge in [-0.2, -0.15) is 0 Å². The molecule has 1 amide bonds. The summed E-state index contributed by atoms with van der Waals surface area (Å²) in [4.78, 5) is 18.4. The maximum Gasteiger partial charge on any atom is 0.255 e. The highest BCUT2D eigenvalue weighted by atomic mass is 32.2. The number of hydrogen-bond acceptors (Lipinski definition) is 4. The topological polar surface area (TPSA) is 53.4 Å². The minimum Gasteiger partial charge on any atom is -0.390 e. The van der Waals surface area contributed by atoms with Gasteiger partial charge in [0.2, 0.25) is 0 Å². The monoisotopic (exact) mass is 294 g/mol. The minimum atomic E-state index is -0.640. The van der Waals surface area contributed by atoms with Crippen molar-refractivity contribution in [2.24, 2.45) is 0 Å². The largest absolute Gasteiger partial charge is 0.390 e. The van der Waals surface area contributed by atoms with Crippen molar-refractivity contribution in [2.45, 2.75) is 43.7 Å². The van der Waals surface area contributed by atoms with E-state index in [0.29, 0.717) is 12.0 Å². The van der Waals surface area contributed by atoms with Crippen molar-refractivity contribution < 1.29 is 9.90 Å². The fourth-order valence-electron chi connectivity index (χ4n) is 2.10. The molecule has 0 radical (unpaired) electrons. The molecule has 5 heteroatoms. The summed E-state index contributed by atoms with van der Waals surface area (Å²) >= 11 is 1.60. The molecule has 2 heterocycles. The number of hydrogen-bond donors (Lipinski definition) is 1. The number of carbonyl (C=O) groups is 1. The number of aliphatic hydroxyl groups is 1. The zero-order valence-corrected chi connectivity index (χ0v) is 12.9. The van der Waals surface area contributed by atoms with E-state index in [4.69, 9.17) is 0 Å². The Hall–Kier alpha value is -1.07. The van der Waals surface area contributed by atoms with Gasteiger partial charge in [0.05, 0.1) is 16.2 Å². The van der Waals surface area contributed by atoms with Gasteiger partial charge in [0, 0.05) is 25.0 Å². The van der Waals surface area contributed by atoms with Crippen molar-refractivity contribution in [3.63, 3.8) is 0 Å². The number of pyridine rings is 1. The highest BCUT2D eigenvalue weighted by Gasteiger charge is 2.19. The van der Waals surface area contributed by atoms with E-state index in [2.05, 4.69) is 4.98 Å². The van der Waals surface area contributed by atoms with Crippen LogP contribution < -0.4 is 0 Å². The molecular weight excluding hydrogens is 272 g/mol. The van der Waals surface area contributed by atoms with Crippen LogP contribution in [-0.4, -0.2) is 45.3 Å². The summed E-state index contributed by atoms with van der Waals surface area (Å²) in [5, 5.41) is 10.5.